The van der Waals surface area contributed by atoms with Crippen LogP contribution >= 0.6 is 0 Å². The molecule has 48 heavy (non-hydrogen) atoms. The molecular weight excluding hydrogens is 657 g/mol. The number of nitrogens with zero attached hydrogens (tertiary/aromatic N) is 4. The number of anilines is 4. The number of nitrogens with one attached hydrogen (secondary N) is 4. The van der Waals surface area contributed by atoms with Gasteiger partial charge in [0.1, 0.15) is 0 Å². The third kappa shape index (κ3) is 10.5. The molecule has 4 N–H and O–H groups in total. The maximum Gasteiger partial charge on any atom is 0.229 e. The van der Waals surface area contributed by atoms with Gasteiger partial charge >= 0.3 is 0 Å². The van der Waals surface area contributed by atoms with Gasteiger partial charge in [0, 0.05) is 23.2 Å². The number of carbonyl (C=O) groups excluding carboxylic acids is 2. The van der Waals surface area contributed by atoms with Gasteiger partial charge in [-0.2, -0.15) is 10.2 Å². The van der Waals surface area contributed by atoms with Crippen molar-refractivity contribution >= 4 is 54.9 Å². The average molecular weight is 693 g/mol. The quantitative estimate of drug-likeness (QED) is 0.169. The largest absolute Gasteiger partial charge is 0.309 e. The highest BCUT2D eigenvalue weighted by molar-refractivity contribution is 7.92. The monoisotopic (exact) mass is 692 g/mol. The fourth-order valence-electron chi connectivity index (χ4n) is 5.54. The summed E-state index contributed by atoms with van der Waals surface area (Å²) in [6, 6.07) is 20.4. The van der Waals surface area contributed by atoms with Gasteiger partial charge in [0.25, 0.3) is 0 Å². The molecule has 0 bridgehead atoms. The molecule has 0 spiro atoms. The Balaban J connectivity index is 1.10. The molecule has 2 amide bonds. The Morgan fingerprint density at radius 2 is 1.00 bits per heavy atom. The number of carbonyl (C=O) groups is 2. The highest BCUT2D eigenvalue weighted by Gasteiger charge is 2.27. The van der Waals surface area contributed by atoms with Crippen LogP contribution in [0.25, 0.3) is 0 Å². The third-order valence-electron chi connectivity index (χ3n) is 7.66. The molecule has 252 valence electrons. The lowest BCUT2D eigenvalue weighted by atomic mass is 9.78. The van der Waals surface area contributed by atoms with Crippen LogP contribution < -0.4 is 20.1 Å². The number of hydrogen-bond acceptors (Lipinski definition) is 10. The molecule has 5 rings (SSSR count). The van der Waals surface area contributed by atoms with E-state index in [1.54, 1.807) is 60.7 Å². The normalized spacial score (nSPS) is 16.5. The predicted molar refractivity (Wildman–Crippen MR) is 182 cm³/mol. The smallest absolute Gasteiger partial charge is 0.229 e. The van der Waals surface area contributed by atoms with E-state index in [0.29, 0.717) is 23.0 Å². The van der Waals surface area contributed by atoms with Crippen LogP contribution in [0.5, 0.6) is 0 Å². The number of amides is 2. The van der Waals surface area contributed by atoms with Crippen molar-refractivity contribution < 1.29 is 26.4 Å². The standard InChI is InChI=1S/C32H36N8O6S2/c1-47(43,44)39-25-10-6-21(7-11-25)18-31(41)33-29-16-14-27(35-37-29)23-4-3-5-24(20-23)28-15-17-30(38-36-28)34-32(42)19-22-8-12-26(13-9-22)40-48(2,45)46/h6-17,23-24,39-40H,3-5,18-20H2,1-2H3,(H,33,37,41)(H,34,38,42)/t23-,24-/m0/s1. The summed E-state index contributed by atoms with van der Waals surface area (Å²) < 4.78 is 50.3. The molecule has 2 atom stereocenters. The van der Waals surface area contributed by atoms with Crippen LogP contribution in [0.15, 0.2) is 72.8 Å². The summed E-state index contributed by atoms with van der Waals surface area (Å²) in [5.41, 5.74) is 3.95. The maximum absolute atomic E-state index is 12.6. The molecule has 0 radical (unpaired) electrons. The van der Waals surface area contributed by atoms with Crippen molar-refractivity contribution in [1.29, 1.82) is 0 Å². The molecule has 1 saturated carbocycles. The van der Waals surface area contributed by atoms with Gasteiger partial charge in [-0.25, -0.2) is 16.8 Å². The first-order valence-electron chi connectivity index (χ1n) is 15.2. The lowest BCUT2D eigenvalue weighted by molar-refractivity contribution is -0.116. The summed E-state index contributed by atoms with van der Waals surface area (Å²) in [6.45, 7) is 0. The van der Waals surface area contributed by atoms with Crippen LogP contribution in [0.3, 0.4) is 0 Å². The van der Waals surface area contributed by atoms with Gasteiger partial charge in [-0.1, -0.05) is 30.7 Å². The Labute approximate surface area is 279 Å². The lowest BCUT2D eigenvalue weighted by Crippen LogP contribution is -2.18. The SMILES string of the molecule is CS(=O)(=O)Nc1ccc(CC(=O)Nc2ccc([C@H]3CCC[C@H](c4ccc(NC(=O)Cc5ccc(NS(C)(=O)=O)cc5)nn4)C3)nn2)cc1. The van der Waals surface area contributed by atoms with Crippen LogP contribution in [0.1, 0.15) is 60.0 Å². The first-order chi connectivity index (χ1) is 22.8. The number of benzene rings is 2. The number of hydrogen-bond donors (Lipinski definition) is 4. The Kier molecular flexibility index (Phi) is 10.6. The Morgan fingerprint density at radius 1 is 0.604 bits per heavy atom. The van der Waals surface area contributed by atoms with E-state index in [9.17, 15) is 26.4 Å². The molecule has 0 saturated heterocycles. The zero-order valence-electron chi connectivity index (χ0n) is 26.4. The van der Waals surface area contributed by atoms with E-state index in [4.69, 9.17) is 0 Å². The highest BCUT2D eigenvalue weighted by atomic mass is 32.2. The second-order valence-electron chi connectivity index (χ2n) is 11.8. The van der Waals surface area contributed by atoms with Crippen LogP contribution in [-0.2, 0) is 42.5 Å². The fraction of sp³-hybridized carbons (Fsp3) is 0.312. The number of rotatable bonds is 12. The summed E-state index contributed by atoms with van der Waals surface area (Å²) >= 11 is 0. The van der Waals surface area contributed by atoms with Crippen molar-refractivity contribution in [3.05, 3.63) is 95.3 Å². The summed E-state index contributed by atoms with van der Waals surface area (Å²) in [5.74, 6) is 0.484. The minimum Gasteiger partial charge on any atom is -0.309 e. The van der Waals surface area contributed by atoms with Crippen molar-refractivity contribution in [3.8, 4) is 0 Å². The molecule has 14 nitrogen and oxygen atoms in total. The minimum absolute atomic E-state index is 0.0943. The number of aromatic nitrogens is 4. The van der Waals surface area contributed by atoms with Gasteiger partial charge in [-0.3, -0.25) is 19.0 Å². The van der Waals surface area contributed by atoms with Gasteiger partial charge in [0.2, 0.25) is 31.9 Å². The molecule has 1 aliphatic rings. The average Bonchev–Trinajstić information content (AvgIpc) is 3.02. The first-order valence-corrected chi connectivity index (χ1v) is 19.0. The molecule has 4 aromatic rings. The van der Waals surface area contributed by atoms with Gasteiger partial charge in [-0.15, -0.1) is 10.2 Å². The van der Waals surface area contributed by atoms with Crippen molar-refractivity contribution in [3.63, 3.8) is 0 Å². The maximum atomic E-state index is 12.6. The van der Waals surface area contributed by atoms with Crippen LogP contribution in [0, 0.1) is 0 Å². The zero-order chi connectivity index (χ0) is 34.3. The summed E-state index contributed by atoms with van der Waals surface area (Å²) in [7, 11) is -6.75. The Bertz CT molecular complexity index is 1810. The van der Waals surface area contributed by atoms with Crippen molar-refractivity contribution in [2.45, 2.75) is 50.4 Å². The molecule has 1 fully saturated rings. The molecule has 0 unspecified atom stereocenters. The summed E-state index contributed by atoms with van der Waals surface area (Å²) in [4.78, 5) is 25.1. The molecule has 2 aromatic carbocycles. The van der Waals surface area contributed by atoms with Gasteiger partial charge in [-0.05, 0) is 78.9 Å². The second-order valence-corrected chi connectivity index (χ2v) is 15.3. The summed E-state index contributed by atoms with van der Waals surface area (Å²) in [6.07, 6.45) is 6.03. The summed E-state index contributed by atoms with van der Waals surface area (Å²) in [5, 5.41) is 22.7. The highest BCUT2D eigenvalue weighted by Crippen LogP contribution is 2.40. The van der Waals surface area contributed by atoms with E-state index in [1.807, 2.05) is 12.1 Å². The van der Waals surface area contributed by atoms with E-state index in [-0.39, 0.29) is 36.5 Å². The Hall–Kier alpha value is -4.96. The van der Waals surface area contributed by atoms with Crippen molar-refractivity contribution in [2.24, 2.45) is 0 Å². The fourth-order valence-corrected chi connectivity index (χ4v) is 6.66. The van der Waals surface area contributed by atoms with Crippen molar-refractivity contribution in [1.82, 2.24) is 20.4 Å². The van der Waals surface area contributed by atoms with Gasteiger partial charge < -0.3 is 10.6 Å². The molecule has 2 aromatic heterocycles. The molecule has 16 heteroatoms. The minimum atomic E-state index is -3.38. The van der Waals surface area contributed by atoms with E-state index >= 15 is 0 Å². The van der Waals surface area contributed by atoms with E-state index in [2.05, 4.69) is 40.5 Å². The predicted octanol–water partition coefficient (Wildman–Crippen LogP) is 3.81. The molecule has 1 aliphatic carbocycles. The topological polar surface area (TPSA) is 202 Å². The first kappa shape index (κ1) is 34.4. The Morgan fingerprint density at radius 3 is 1.33 bits per heavy atom. The lowest BCUT2D eigenvalue weighted by Gasteiger charge is -2.28. The zero-order valence-corrected chi connectivity index (χ0v) is 28.0. The molecule has 2 heterocycles. The van der Waals surface area contributed by atoms with E-state index < -0.39 is 20.0 Å². The molecule has 0 aliphatic heterocycles. The van der Waals surface area contributed by atoms with Gasteiger partial charge in [0.05, 0.1) is 36.7 Å². The van der Waals surface area contributed by atoms with Crippen LogP contribution in [0.4, 0.5) is 23.0 Å². The van der Waals surface area contributed by atoms with Gasteiger partial charge in [0.15, 0.2) is 11.6 Å². The third-order valence-corrected chi connectivity index (χ3v) is 8.87. The number of sulfonamides is 2. The van der Waals surface area contributed by atoms with Crippen LogP contribution in [-0.4, -0.2) is 61.6 Å². The van der Waals surface area contributed by atoms with E-state index in [1.165, 1.54) is 0 Å². The van der Waals surface area contributed by atoms with Crippen molar-refractivity contribution in [2.75, 3.05) is 32.6 Å². The molecular formula is C32H36N8O6S2. The second kappa shape index (κ2) is 14.9. The van der Waals surface area contributed by atoms with E-state index in [0.717, 1.165) is 60.7 Å². The van der Waals surface area contributed by atoms with Crippen LogP contribution in [0.2, 0.25) is 0 Å².